The number of rotatable bonds is 7. The van der Waals surface area contributed by atoms with Crippen LogP contribution in [0.1, 0.15) is 12.8 Å². The molecule has 0 atom stereocenters. The lowest BCUT2D eigenvalue weighted by Crippen LogP contribution is -2.38. The minimum absolute atomic E-state index is 0.115. The van der Waals surface area contributed by atoms with Gasteiger partial charge in [0.2, 0.25) is 0 Å². The van der Waals surface area contributed by atoms with E-state index in [2.05, 4.69) is 29.2 Å². The molecule has 0 amide bonds. The average Bonchev–Trinajstić information content (AvgIpc) is 2.47. The Balaban J connectivity index is 1.59. The van der Waals surface area contributed by atoms with E-state index in [1.807, 2.05) is 17.8 Å². The summed E-state index contributed by atoms with van der Waals surface area (Å²) in [5, 5.41) is 8.58. The Kier molecular flexibility index (Phi) is 6.36. The second-order valence-electron chi connectivity index (χ2n) is 4.91. The molecule has 0 aliphatic carbocycles. The summed E-state index contributed by atoms with van der Waals surface area (Å²) >= 11 is 1.88. The van der Waals surface area contributed by atoms with E-state index in [4.69, 9.17) is 9.84 Å². The van der Waals surface area contributed by atoms with Gasteiger partial charge in [-0.25, -0.2) is 4.79 Å². The first-order valence-electron chi connectivity index (χ1n) is 6.97. The molecule has 1 aliphatic heterocycles. The lowest BCUT2D eigenvalue weighted by atomic mass is 10.1. The van der Waals surface area contributed by atoms with Crippen molar-refractivity contribution in [2.24, 2.45) is 0 Å². The molecule has 0 saturated carbocycles. The Bertz CT molecular complexity index is 405. The van der Waals surface area contributed by atoms with Crippen molar-refractivity contribution < 1.29 is 14.6 Å². The topological polar surface area (TPSA) is 49.8 Å². The van der Waals surface area contributed by atoms with Crippen molar-refractivity contribution in [2.45, 2.75) is 23.8 Å². The van der Waals surface area contributed by atoms with Crippen molar-refractivity contribution in [2.75, 3.05) is 32.0 Å². The van der Waals surface area contributed by atoms with Crippen LogP contribution in [0, 0.1) is 0 Å². The summed E-state index contributed by atoms with van der Waals surface area (Å²) in [4.78, 5) is 14.2. The van der Waals surface area contributed by atoms with Crippen LogP contribution in [0.3, 0.4) is 0 Å². The zero-order valence-corrected chi connectivity index (χ0v) is 12.3. The summed E-state index contributed by atoms with van der Waals surface area (Å²) in [7, 11) is 0. The second kappa shape index (κ2) is 8.29. The van der Waals surface area contributed by atoms with E-state index in [0.29, 0.717) is 0 Å². The Morgan fingerprint density at radius 1 is 1.30 bits per heavy atom. The van der Waals surface area contributed by atoms with Gasteiger partial charge in [-0.3, -0.25) is 0 Å². The van der Waals surface area contributed by atoms with Crippen LogP contribution in [0.4, 0.5) is 0 Å². The largest absolute Gasteiger partial charge is 0.480 e. The van der Waals surface area contributed by atoms with E-state index in [0.717, 1.165) is 38.2 Å². The maximum absolute atomic E-state index is 10.4. The number of carbonyl (C=O) groups is 1. The molecule has 1 aromatic rings. The van der Waals surface area contributed by atoms with Crippen molar-refractivity contribution in [3.63, 3.8) is 0 Å². The van der Waals surface area contributed by atoms with Crippen molar-refractivity contribution in [3.05, 3.63) is 30.3 Å². The van der Waals surface area contributed by atoms with Gasteiger partial charge in [0.15, 0.2) is 0 Å². The highest BCUT2D eigenvalue weighted by Gasteiger charge is 2.19. The third kappa shape index (κ3) is 5.53. The van der Waals surface area contributed by atoms with Crippen molar-refractivity contribution in [3.8, 4) is 0 Å². The summed E-state index contributed by atoms with van der Waals surface area (Å²) in [6.45, 7) is 2.90. The Labute approximate surface area is 124 Å². The molecule has 1 aromatic carbocycles. The monoisotopic (exact) mass is 295 g/mol. The molecule has 110 valence electrons. The molecular formula is C15H21NO3S. The highest BCUT2D eigenvalue weighted by Crippen LogP contribution is 2.18. The fourth-order valence-electron chi connectivity index (χ4n) is 2.30. The SMILES string of the molecule is O=C(O)COC1CCN(CCSc2ccccc2)CC1. The van der Waals surface area contributed by atoms with E-state index < -0.39 is 5.97 Å². The van der Waals surface area contributed by atoms with Crippen LogP contribution in [0.25, 0.3) is 0 Å². The van der Waals surface area contributed by atoms with E-state index in [9.17, 15) is 4.79 Å². The molecule has 0 spiro atoms. The van der Waals surface area contributed by atoms with Gasteiger partial charge in [0.25, 0.3) is 0 Å². The predicted molar refractivity (Wildman–Crippen MR) is 80.2 cm³/mol. The Morgan fingerprint density at radius 3 is 2.65 bits per heavy atom. The minimum Gasteiger partial charge on any atom is -0.480 e. The molecule has 1 N–H and O–H groups in total. The minimum atomic E-state index is -0.883. The summed E-state index contributed by atoms with van der Waals surface area (Å²) in [5.74, 6) is 0.205. The van der Waals surface area contributed by atoms with Gasteiger partial charge < -0.3 is 14.7 Å². The van der Waals surface area contributed by atoms with Gasteiger partial charge in [-0.15, -0.1) is 11.8 Å². The van der Waals surface area contributed by atoms with E-state index in [1.165, 1.54) is 4.90 Å². The Morgan fingerprint density at radius 2 is 2.00 bits per heavy atom. The number of hydrogen-bond acceptors (Lipinski definition) is 4. The molecule has 2 rings (SSSR count). The Hall–Kier alpha value is -1.04. The number of aliphatic carboxylic acids is 1. The van der Waals surface area contributed by atoms with E-state index in [1.54, 1.807) is 0 Å². The molecule has 0 aromatic heterocycles. The highest BCUT2D eigenvalue weighted by molar-refractivity contribution is 7.99. The van der Waals surface area contributed by atoms with Crippen LogP contribution in [0.15, 0.2) is 35.2 Å². The number of ether oxygens (including phenoxy) is 1. The molecule has 0 radical (unpaired) electrons. The zero-order chi connectivity index (χ0) is 14.2. The number of benzene rings is 1. The van der Waals surface area contributed by atoms with Gasteiger partial charge in [-0.05, 0) is 25.0 Å². The molecule has 1 fully saturated rings. The average molecular weight is 295 g/mol. The molecule has 1 aliphatic rings. The fourth-order valence-corrected chi connectivity index (χ4v) is 3.23. The molecule has 1 saturated heterocycles. The van der Waals surface area contributed by atoms with Gasteiger partial charge in [-0.1, -0.05) is 18.2 Å². The molecule has 20 heavy (non-hydrogen) atoms. The van der Waals surface area contributed by atoms with Crippen molar-refractivity contribution in [1.82, 2.24) is 4.90 Å². The number of thioether (sulfide) groups is 1. The first-order valence-corrected chi connectivity index (χ1v) is 7.96. The smallest absolute Gasteiger partial charge is 0.329 e. The van der Waals surface area contributed by atoms with E-state index >= 15 is 0 Å². The van der Waals surface area contributed by atoms with Crippen LogP contribution in [0.5, 0.6) is 0 Å². The quantitative estimate of drug-likeness (QED) is 0.783. The summed E-state index contributed by atoms with van der Waals surface area (Å²) in [5.41, 5.74) is 0. The molecule has 5 heteroatoms. The summed E-state index contributed by atoms with van der Waals surface area (Å²) < 4.78 is 5.34. The maximum Gasteiger partial charge on any atom is 0.329 e. The molecule has 4 nitrogen and oxygen atoms in total. The van der Waals surface area contributed by atoms with Crippen LogP contribution >= 0.6 is 11.8 Å². The highest BCUT2D eigenvalue weighted by atomic mass is 32.2. The van der Waals surface area contributed by atoms with Gasteiger partial charge in [0, 0.05) is 30.3 Å². The normalized spacial score (nSPS) is 17.2. The number of nitrogens with zero attached hydrogens (tertiary/aromatic N) is 1. The number of carboxylic acids is 1. The molecular weight excluding hydrogens is 274 g/mol. The number of carboxylic acid groups (broad SMARTS) is 1. The molecule has 0 bridgehead atoms. The van der Waals surface area contributed by atoms with Crippen LogP contribution < -0.4 is 0 Å². The third-order valence-electron chi connectivity index (χ3n) is 3.40. The predicted octanol–water partition coefficient (Wildman–Crippen LogP) is 2.34. The molecule has 0 unspecified atom stereocenters. The first-order chi connectivity index (χ1) is 9.74. The molecule has 1 heterocycles. The number of hydrogen-bond donors (Lipinski definition) is 1. The first kappa shape index (κ1) is 15.4. The van der Waals surface area contributed by atoms with Gasteiger partial charge in [-0.2, -0.15) is 0 Å². The van der Waals surface area contributed by atoms with Gasteiger partial charge in [0.1, 0.15) is 6.61 Å². The second-order valence-corrected chi connectivity index (χ2v) is 6.08. The third-order valence-corrected chi connectivity index (χ3v) is 4.39. The number of likely N-dealkylation sites (tertiary alicyclic amines) is 1. The maximum atomic E-state index is 10.4. The number of piperidine rings is 1. The standard InChI is InChI=1S/C15H21NO3S/c17-15(18)12-19-13-6-8-16(9-7-13)10-11-20-14-4-2-1-3-5-14/h1-5,13H,6-12H2,(H,17,18). The summed E-state index contributed by atoms with van der Waals surface area (Å²) in [6, 6.07) is 10.4. The van der Waals surface area contributed by atoms with Crippen LogP contribution in [-0.2, 0) is 9.53 Å². The lowest BCUT2D eigenvalue weighted by Gasteiger charge is -2.31. The van der Waals surface area contributed by atoms with Crippen LogP contribution in [0.2, 0.25) is 0 Å². The van der Waals surface area contributed by atoms with Gasteiger partial charge in [0.05, 0.1) is 6.10 Å². The van der Waals surface area contributed by atoms with Crippen molar-refractivity contribution >= 4 is 17.7 Å². The lowest BCUT2D eigenvalue weighted by molar-refractivity contribution is -0.145. The zero-order valence-electron chi connectivity index (χ0n) is 11.5. The summed E-state index contributed by atoms with van der Waals surface area (Å²) in [6.07, 6.45) is 1.98. The van der Waals surface area contributed by atoms with Crippen LogP contribution in [-0.4, -0.2) is 54.1 Å². The fraction of sp³-hybridized carbons (Fsp3) is 0.533. The van der Waals surface area contributed by atoms with Gasteiger partial charge >= 0.3 is 5.97 Å². The van der Waals surface area contributed by atoms with Crippen molar-refractivity contribution in [1.29, 1.82) is 0 Å². The van der Waals surface area contributed by atoms with E-state index in [-0.39, 0.29) is 12.7 Å².